The lowest BCUT2D eigenvalue weighted by Gasteiger charge is -2.08. The Balaban J connectivity index is 1.97. The van der Waals surface area contributed by atoms with Crippen LogP contribution in [0, 0.1) is 0 Å². The first kappa shape index (κ1) is 15.8. The highest BCUT2D eigenvalue weighted by Crippen LogP contribution is 2.30. The maximum absolute atomic E-state index is 12.6. The van der Waals surface area contributed by atoms with Gasteiger partial charge in [0.05, 0.1) is 18.4 Å². The number of carbonyl (C=O) groups is 1. The Hall–Kier alpha value is -2.58. The number of alkyl halides is 3. The molecule has 0 saturated carbocycles. The van der Waals surface area contributed by atoms with Crippen LogP contribution in [-0.2, 0) is 24.4 Å². The first-order valence-corrected chi connectivity index (χ1v) is 6.22. The van der Waals surface area contributed by atoms with Crippen molar-refractivity contribution in [2.45, 2.75) is 12.6 Å². The van der Waals surface area contributed by atoms with E-state index in [0.29, 0.717) is 0 Å². The molecule has 9 heteroatoms. The fraction of sp³-hybridized carbons (Fsp3) is 0.308. The van der Waals surface area contributed by atoms with Crippen LogP contribution in [0.5, 0.6) is 0 Å². The minimum absolute atomic E-state index is 0.0475. The van der Waals surface area contributed by atoms with Crippen LogP contribution in [0.3, 0.4) is 0 Å². The number of esters is 1. The zero-order chi connectivity index (χ0) is 16.3. The second-order valence-corrected chi connectivity index (χ2v) is 4.52. The highest BCUT2D eigenvalue weighted by Gasteiger charge is 2.35. The van der Waals surface area contributed by atoms with E-state index in [9.17, 15) is 22.8 Å². The quantitative estimate of drug-likeness (QED) is 0.868. The number of ether oxygens (including phenoxy) is 1. The van der Waals surface area contributed by atoms with Crippen molar-refractivity contribution in [3.05, 3.63) is 51.7 Å². The van der Waals surface area contributed by atoms with E-state index in [1.807, 2.05) is 5.10 Å². The SMILES string of the molecule is Cn1ccc(C(=O)OCCc2cn[nH]c2C(F)(F)F)cc1=O. The molecule has 0 unspecified atom stereocenters. The van der Waals surface area contributed by atoms with Gasteiger partial charge >= 0.3 is 12.1 Å². The fourth-order valence-corrected chi connectivity index (χ4v) is 1.76. The van der Waals surface area contributed by atoms with E-state index in [1.54, 1.807) is 0 Å². The van der Waals surface area contributed by atoms with Crippen LogP contribution >= 0.6 is 0 Å². The molecule has 0 aliphatic heterocycles. The molecular formula is C13H12F3N3O3. The van der Waals surface area contributed by atoms with Crippen molar-refractivity contribution in [3.63, 3.8) is 0 Å². The maximum Gasteiger partial charge on any atom is 0.433 e. The van der Waals surface area contributed by atoms with Crippen LogP contribution in [0.4, 0.5) is 13.2 Å². The summed E-state index contributed by atoms with van der Waals surface area (Å²) in [7, 11) is 1.52. The van der Waals surface area contributed by atoms with Gasteiger partial charge in [-0.15, -0.1) is 0 Å². The van der Waals surface area contributed by atoms with Crippen LogP contribution in [0.2, 0.25) is 0 Å². The van der Waals surface area contributed by atoms with Crippen molar-refractivity contribution >= 4 is 5.97 Å². The lowest BCUT2D eigenvalue weighted by atomic mass is 10.2. The van der Waals surface area contributed by atoms with Crippen LogP contribution in [0.1, 0.15) is 21.6 Å². The van der Waals surface area contributed by atoms with Gasteiger partial charge in [0.15, 0.2) is 0 Å². The molecule has 0 fully saturated rings. The zero-order valence-corrected chi connectivity index (χ0v) is 11.5. The molecule has 2 rings (SSSR count). The average molecular weight is 315 g/mol. The number of nitrogens with zero attached hydrogens (tertiary/aromatic N) is 2. The standard InChI is InChI=1S/C13H12F3N3O3/c1-19-4-2-8(6-10(19)20)12(21)22-5-3-9-7-17-18-11(9)13(14,15)16/h2,4,6-7H,3,5H2,1H3,(H,17,18). The van der Waals surface area contributed by atoms with Crippen LogP contribution in [0.25, 0.3) is 0 Å². The Bertz CT molecular complexity index is 734. The van der Waals surface area contributed by atoms with Gasteiger partial charge in [0.25, 0.3) is 5.56 Å². The summed E-state index contributed by atoms with van der Waals surface area (Å²) in [4.78, 5) is 23.1. The Labute approximate surface area is 122 Å². The van der Waals surface area contributed by atoms with Gasteiger partial charge in [0.1, 0.15) is 5.69 Å². The normalized spacial score (nSPS) is 11.5. The number of hydrogen-bond acceptors (Lipinski definition) is 4. The molecule has 0 amide bonds. The molecule has 0 radical (unpaired) electrons. The minimum Gasteiger partial charge on any atom is -0.462 e. The van der Waals surface area contributed by atoms with Gasteiger partial charge in [0.2, 0.25) is 0 Å². The summed E-state index contributed by atoms with van der Waals surface area (Å²) in [6, 6.07) is 2.49. The van der Waals surface area contributed by atoms with E-state index >= 15 is 0 Å². The Morgan fingerprint density at radius 3 is 2.82 bits per heavy atom. The summed E-state index contributed by atoms with van der Waals surface area (Å²) in [5, 5.41) is 5.21. The lowest BCUT2D eigenvalue weighted by Crippen LogP contribution is -2.18. The van der Waals surface area contributed by atoms with Gasteiger partial charge in [0, 0.05) is 31.3 Å². The molecule has 0 aromatic carbocycles. The van der Waals surface area contributed by atoms with Crippen molar-refractivity contribution in [3.8, 4) is 0 Å². The highest BCUT2D eigenvalue weighted by atomic mass is 19.4. The number of hydrogen-bond donors (Lipinski definition) is 1. The van der Waals surface area contributed by atoms with Crippen molar-refractivity contribution in [2.24, 2.45) is 7.05 Å². The van der Waals surface area contributed by atoms with E-state index in [1.165, 1.54) is 23.9 Å². The van der Waals surface area contributed by atoms with Crippen LogP contribution < -0.4 is 5.56 Å². The number of carbonyl (C=O) groups excluding carboxylic acids is 1. The molecule has 0 atom stereocenters. The first-order chi connectivity index (χ1) is 10.3. The molecule has 118 valence electrons. The van der Waals surface area contributed by atoms with Gasteiger partial charge < -0.3 is 9.30 Å². The number of nitrogens with one attached hydrogen (secondary N) is 1. The summed E-state index contributed by atoms with van der Waals surface area (Å²) in [6.07, 6.45) is -2.24. The Morgan fingerprint density at radius 2 is 2.18 bits per heavy atom. The van der Waals surface area contributed by atoms with E-state index in [4.69, 9.17) is 4.74 Å². The summed E-state index contributed by atoms with van der Waals surface area (Å²) < 4.78 is 43.9. The maximum atomic E-state index is 12.6. The molecule has 22 heavy (non-hydrogen) atoms. The zero-order valence-electron chi connectivity index (χ0n) is 11.5. The Morgan fingerprint density at radius 1 is 1.45 bits per heavy atom. The summed E-state index contributed by atoms with van der Waals surface area (Å²) in [5.74, 6) is -0.769. The lowest BCUT2D eigenvalue weighted by molar-refractivity contribution is -0.141. The number of halogens is 3. The molecule has 0 spiro atoms. The molecule has 0 saturated heterocycles. The Kier molecular flexibility index (Phi) is 4.34. The highest BCUT2D eigenvalue weighted by molar-refractivity contribution is 5.89. The number of aromatic amines is 1. The molecule has 2 heterocycles. The van der Waals surface area contributed by atoms with Crippen molar-refractivity contribution in [1.82, 2.24) is 14.8 Å². The van der Waals surface area contributed by atoms with Gasteiger partial charge in [-0.1, -0.05) is 0 Å². The third kappa shape index (κ3) is 3.54. The van der Waals surface area contributed by atoms with E-state index in [2.05, 4.69) is 5.10 Å². The minimum atomic E-state index is -4.54. The van der Waals surface area contributed by atoms with Gasteiger partial charge in [-0.25, -0.2) is 4.79 Å². The van der Waals surface area contributed by atoms with Crippen LogP contribution in [-0.4, -0.2) is 27.3 Å². The average Bonchev–Trinajstić information content (AvgIpc) is 2.90. The second-order valence-electron chi connectivity index (χ2n) is 4.52. The summed E-state index contributed by atoms with van der Waals surface area (Å²) in [5.41, 5.74) is -1.39. The van der Waals surface area contributed by atoms with Gasteiger partial charge in [-0.05, 0) is 6.07 Å². The molecule has 6 nitrogen and oxygen atoms in total. The molecule has 2 aromatic rings. The van der Waals surface area contributed by atoms with Crippen molar-refractivity contribution < 1.29 is 22.7 Å². The van der Waals surface area contributed by atoms with Gasteiger partial charge in [-0.3, -0.25) is 9.89 Å². The van der Waals surface area contributed by atoms with E-state index in [0.717, 1.165) is 12.3 Å². The number of aromatic nitrogens is 3. The fourth-order valence-electron chi connectivity index (χ4n) is 1.76. The first-order valence-electron chi connectivity index (χ1n) is 6.22. The summed E-state index contributed by atoms with van der Waals surface area (Å²) in [6.45, 7) is -0.253. The number of aryl methyl sites for hydroxylation is 1. The van der Waals surface area contributed by atoms with E-state index in [-0.39, 0.29) is 29.7 Å². The van der Waals surface area contributed by atoms with Gasteiger partial charge in [-0.2, -0.15) is 18.3 Å². The number of rotatable bonds is 4. The monoisotopic (exact) mass is 315 g/mol. The molecule has 0 aliphatic carbocycles. The van der Waals surface area contributed by atoms with Crippen LogP contribution in [0.15, 0.2) is 29.3 Å². The molecule has 1 N–H and O–H groups in total. The third-order valence-corrected chi connectivity index (χ3v) is 2.95. The third-order valence-electron chi connectivity index (χ3n) is 2.95. The van der Waals surface area contributed by atoms with Crippen molar-refractivity contribution in [2.75, 3.05) is 6.61 Å². The topological polar surface area (TPSA) is 77.0 Å². The summed E-state index contributed by atoms with van der Waals surface area (Å²) >= 11 is 0. The molecule has 2 aromatic heterocycles. The van der Waals surface area contributed by atoms with E-state index < -0.39 is 17.8 Å². The smallest absolute Gasteiger partial charge is 0.433 e. The largest absolute Gasteiger partial charge is 0.462 e. The van der Waals surface area contributed by atoms with Crippen molar-refractivity contribution in [1.29, 1.82) is 0 Å². The molecular weight excluding hydrogens is 303 g/mol. The number of H-pyrrole nitrogens is 1. The number of pyridine rings is 1. The second kappa shape index (κ2) is 6.04. The molecule has 0 bridgehead atoms. The predicted molar refractivity (Wildman–Crippen MR) is 69.3 cm³/mol. The predicted octanol–water partition coefficient (Wildman–Crippen LogP) is 1.53. The molecule has 0 aliphatic rings.